The van der Waals surface area contributed by atoms with Crippen LogP contribution in [0.4, 0.5) is 0 Å². The van der Waals surface area contributed by atoms with Crippen molar-refractivity contribution in [2.24, 2.45) is 0 Å². The topological polar surface area (TPSA) is 106 Å². The molecule has 1 atom stereocenters. The van der Waals surface area contributed by atoms with Crippen LogP contribution in [0.15, 0.2) is 28.9 Å². The predicted molar refractivity (Wildman–Crippen MR) is 94.1 cm³/mol. The van der Waals surface area contributed by atoms with Crippen LogP contribution in [0.1, 0.15) is 27.8 Å². The minimum Gasteiger partial charge on any atom is -0.484 e. The lowest BCUT2D eigenvalue weighted by molar-refractivity contribution is -0.120. The second-order valence-electron chi connectivity index (χ2n) is 5.88. The Hall–Kier alpha value is -2.94. The van der Waals surface area contributed by atoms with Gasteiger partial charge in [0.05, 0.1) is 15.2 Å². The van der Waals surface area contributed by atoms with Crippen molar-refractivity contribution in [3.8, 4) is 5.75 Å². The van der Waals surface area contributed by atoms with E-state index in [-0.39, 0.29) is 24.1 Å². The summed E-state index contributed by atoms with van der Waals surface area (Å²) in [6.07, 6.45) is 1.82. The zero-order chi connectivity index (χ0) is 18.1. The molecule has 0 unspecified atom stereocenters. The summed E-state index contributed by atoms with van der Waals surface area (Å²) in [6.45, 7) is 2.61. The third-order valence-corrected chi connectivity index (χ3v) is 4.92. The van der Waals surface area contributed by atoms with E-state index in [0.29, 0.717) is 18.7 Å². The quantitative estimate of drug-likeness (QED) is 0.707. The van der Waals surface area contributed by atoms with E-state index in [1.807, 2.05) is 25.1 Å². The lowest BCUT2D eigenvalue weighted by atomic mass is 10.2. The molecule has 1 saturated heterocycles. The lowest BCUT2D eigenvalue weighted by Crippen LogP contribution is -2.40. The van der Waals surface area contributed by atoms with E-state index in [1.54, 1.807) is 11.3 Å². The first-order valence-electron chi connectivity index (χ1n) is 8.11. The van der Waals surface area contributed by atoms with Gasteiger partial charge in [0.2, 0.25) is 11.8 Å². The van der Waals surface area contributed by atoms with E-state index < -0.39 is 11.9 Å². The first-order valence-corrected chi connectivity index (χ1v) is 8.93. The minimum absolute atomic E-state index is 0.0891. The zero-order valence-corrected chi connectivity index (χ0v) is 14.8. The number of oxazole rings is 1. The van der Waals surface area contributed by atoms with Gasteiger partial charge in [-0.25, -0.2) is 9.97 Å². The number of nitrogens with zero attached hydrogens (tertiary/aromatic N) is 2. The summed E-state index contributed by atoms with van der Waals surface area (Å²) in [4.78, 5) is 32.2. The Kier molecular flexibility index (Phi) is 4.29. The molecule has 2 aromatic heterocycles. The monoisotopic (exact) mass is 372 g/mol. The van der Waals surface area contributed by atoms with Crippen LogP contribution in [-0.2, 0) is 11.4 Å². The standard InChI is InChI=1S/C17H16N4O4S/c1-9-19-12-6-10(2-3-14(12)26-9)24-8-15-20-13(7-25-15)17(23)21-11-4-5-18-16(11)22/h2-3,6-7,11H,4-5,8H2,1H3,(H,18,22)(H,21,23)/t11-/m0/s1. The van der Waals surface area contributed by atoms with Crippen molar-refractivity contribution in [2.45, 2.75) is 26.0 Å². The molecule has 9 heteroatoms. The second kappa shape index (κ2) is 6.75. The highest BCUT2D eigenvalue weighted by Gasteiger charge is 2.27. The van der Waals surface area contributed by atoms with Gasteiger partial charge in [-0.2, -0.15) is 0 Å². The van der Waals surface area contributed by atoms with Gasteiger partial charge < -0.3 is 19.8 Å². The van der Waals surface area contributed by atoms with Gasteiger partial charge in [-0.1, -0.05) is 0 Å². The van der Waals surface area contributed by atoms with Crippen LogP contribution in [0.3, 0.4) is 0 Å². The molecule has 1 aliphatic heterocycles. The van der Waals surface area contributed by atoms with Gasteiger partial charge in [-0.3, -0.25) is 9.59 Å². The van der Waals surface area contributed by atoms with E-state index in [4.69, 9.17) is 9.15 Å². The molecule has 134 valence electrons. The van der Waals surface area contributed by atoms with Gasteiger partial charge in [-0.05, 0) is 25.5 Å². The van der Waals surface area contributed by atoms with Crippen LogP contribution >= 0.6 is 11.3 Å². The Morgan fingerprint density at radius 1 is 1.46 bits per heavy atom. The van der Waals surface area contributed by atoms with Crippen LogP contribution in [0, 0.1) is 6.92 Å². The fourth-order valence-electron chi connectivity index (χ4n) is 2.70. The Morgan fingerprint density at radius 3 is 3.15 bits per heavy atom. The van der Waals surface area contributed by atoms with Crippen molar-refractivity contribution >= 4 is 33.4 Å². The fourth-order valence-corrected chi connectivity index (χ4v) is 3.51. The lowest BCUT2D eigenvalue weighted by Gasteiger charge is -2.07. The molecule has 0 radical (unpaired) electrons. The van der Waals surface area contributed by atoms with Crippen LogP contribution in [0.25, 0.3) is 10.2 Å². The number of carbonyl (C=O) groups excluding carboxylic acids is 2. The highest BCUT2D eigenvalue weighted by Crippen LogP contribution is 2.25. The summed E-state index contributed by atoms with van der Waals surface area (Å²) in [6, 6.07) is 5.15. The number of carbonyl (C=O) groups is 2. The van der Waals surface area contributed by atoms with E-state index in [0.717, 1.165) is 15.2 Å². The number of ether oxygens (including phenoxy) is 1. The predicted octanol–water partition coefficient (Wildman–Crippen LogP) is 1.79. The average molecular weight is 372 g/mol. The molecule has 0 spiro atoms. The van der Waals surface area contributed by atoms with Crippen LogP contribution in [0.2, 0.25) is 0 Å². The second-order valence-corrected chi connectivity index (χ2v) is 7.12. The molecule has 1 aromatic carbocycles. The van der Waals surface area contributed by atoms with Gasteiger partial charge in [-0.15, -0.1) is 11.3 Å². The van der Waals surface area contributed by atoms with Crippen LogP contribution in [-0.4, -0.2) is 34.4 Å². The largest absolute Gasteiger partial charge is 0.484 e. The maximum Gasteiger partial charge on any atom is 0.273 e. The number of hydrogen-bond acceptors (Lipinski definition) is 7. The molecule has 0 aliphatic carbocycles. The van der Waals surface area contributed by atoms with Crippen molar-refractivity contribution < 1.29 is 18.7 Å². The Bertz CT molecular complexity index is 980. The van der Waals surface area contributed by atoms with Crippen molar-refractivity contribution in [1.82, 2.24) is 20.6 Å². The molecule has 8 nitrogen and oxygen atoms in total. The minimum atomic E-state index is -0.521. The molecule has 1 fully saturated rings. The van der Waals surface area contributed by atoms with Crippen molar-refractivity contribution in [3.05, 3.63) is 41.1 Å². The highest BCUT2D eigenvalue weighted by atomic mass is 32.1. The number of aryl methyl sites for hydroxylation is 1. The molecule has 3 aromatic rings. The molecule has 0 bridgehead atoms. The van der Waals surface area contributed by atoms with Gasteiger partial charge in [0, 0.05) is 12.6 Å². The van der Waals surface area contributed by atoms with Gasteiger partial charge in [0.1, 0.15) is 18.1 Å². The average Bonchev–Trinajstić information content (AvgIpc) is 3.32. The van der Waals surface area contributed by atoms with E-state index in [9.17, 15) is 9.59 Å². The number of rotatable bonds is 5. The smallest absolute Gasteiger partial charge is 0.273 e. The fraction of sp³-hybridized carbons (Fsp3) is 0.294. The van der Waals surface area contributed by atoms with Gasteiger partial charge >= 0.3 is 0 Å². The van der Waals surface area contributed by atoms with Gasteiger partial charge in [0.25, 0.3) is 5.91 Å². The number of nitrogens with one attached hydrogen (secondary N) is 2. The first-order chi connectivity index (χ1) is 12.6. The maximum absolute atomic E-state index is 12.1. The summed E-state index contributed by atoms with van der Waals surface area (Å²) in [5.74, 6) is 0.301. The number of hydrogen-bond donors (Lipinski definition) is 2. The molecule has 1 aliphatic rings. The normalized spacial score (nSPS) is 16.7. The molecular weight excluding hydrogens is 356 g/mol. The molecular formula is C17H16N4O4S. The highest BCUT2D eigenvalue weighted by molar-refractivity contribution is 7.18. The summed E-state index contributed by atoms with van der Waals surface area (Å²) < 4.78 is 12.0. The zero-order valence-electron chi connectivity index (χ0n) is 13.9. The van der Waals surface area contributed by atoms with Gasteiger partial charge in [0.15, 0.2) is 12.3 Å². The molecule has 4 rings (SSSR count). The molecule has 0 saturated carbocycles. The van der Waals surface area contributed by atoms with Crippen molar-refractivity contribution in [1.29, 1.82) is 0 Å². The van der Waals surface area contributed by atoms with E-state index in [2.05, 4.69) is 20.6 Å². The summed E-state index contributed by atoms with van der Waals surface area (Å²) >= 11 is 1.62. The van der Waals surface area contributed by atoms with Crippen LogP contribution < -0.4 is 15.4 Å². The van der Waals surface area contributed by atoms with Crippen LogP contribution in [0.5, 0.6) is 5.75 Å². The van der Waals surface area contributed by atoms with E-state index in [1.165, 1.54) is 6.26 Å². The summed E-state index contributed by atoms with van der Waals surface area (Å²) in [5.41, 5.74) is 1.00. The SMILES string of the molecule is Cc1nc2cc(OCc3nc(C(=O)N[C@H]4CCNC4=O)co3)ccc2s1. The summed E-state index contributed by atoms with van der Waals surface area (Å²) in [7, 11) is 0. The Balaban J connectivity index is 1.38. The summed E-state index contributed by atoms with van der Waals surface area (Å²) in [5, 5.41) is 6.29. The number of thiazole rings is 1. The molecule has 2 amide bonds. The maximum atomic E-state index is 12.1. The van der Waals surface area contributed by atoms with Crippen molar-refractivity contribution in [2.75, 3.05) is 6.54 Å². The Morgan fingerprint density at radius 2 is 2.35 bits per heavy atom. The van der Waals surface area contributed by atoms with Crippen molar-refractivity contribution in [3.63, 3.8) is 0 Å². The third kappa shape index (κ3) is 3.38. The third-order valence-electron chi connectivity index (χ3n) is 3.97. The molecule has 3 heterocycles. The first kappa shape index (κ1) is 16.5. The number of amides is 2. The number of aromatic nitrogens is 2. The number of benzene rings is 1. The Labute approximate surface area is 152 Å². The molecule has 26 heavy (non-hydrogen) atoms. The van der Waals surface area contributed by atoms with E-state index >= 15 is 0 Å². The number of fused-ring (bicyclic) bond motifs is 1. The molecule has 2 N–H and O–H groups in total.